The summed E-state index contributed by atoms with van der Waals surface area (Å²) in [5, 5.41) is 0.929. The highest BCUT2D eigenvalue weighted by Gasteiger charge is 2.10. The monoisotopic (exact) mass is 325 g/mol. The van der Waals surface area contributed by atoms with E-state index in [-0.39, 0.29) is 5.63 Å². The van der Waals surface area contributed by atoms with Crippen LogP contribution >= 0.6 is 0 Å². The van der Waals surface area contributed by atoms with Crippen molar-refractivity contribution in [2.24, 2.45) is 0 Å². The lowest BCUT2D eigenvalue weighted by molar-refractivity contribution is -0.377. The van der Waals surface area contributed by atoms with E-state index >= 15 is 0 Å². The number of rotatable bonds is 4. The van der Waals surface area contributed by atoms with E-state index in [1.165, 1.54) is 0 Å². The molecule has 2 aromatic heterocycles. The Morgan fingerprint density at radius 2 is 1.67 bits per heavy atom. The average molecular weight is 325 g/mol. The third-order valence-corrected chi connectivity index (χ3v) is 3.88. The first-order valence-electron chi connectivity index (χ1n) is 8.52. The maximum absolute atomic E-state index is 12.3. The first-order chi connectivity index (χ1) is 11.7. The molecule has 0 radical (unpaired) electrons. The van der Waals surface area contributed by atoms with E-state index in [4.69, 9.17) is 4.42 Å². The molecule has 0 saturated carbocycles. The van der Waals surface area contributed by atoms with Crippen molar-refractivity contribution >= 4 is 16.7 Å². The molecule has 0 atom stereocenters. The summed E-state index contributed by atoms with van der Waals surface area (Å²) in [6.45, 7) is 10.1. The summed E-state index contributed by atoms with van der Waals surface area (Å²) in [5.41, 5.74) is 2.82. The second-order valence-electron chi connectivity index (χ2n) is 5.13. The van der Waals surface area contributed by atoms with E-state index < -0.39 is 0 Å². The van der Waals surface area contributed by atoms with E-state index in [1.807, 2.05) is 44.2 Å². The molecule has 0 spiro atoms. The van der Waals surface area contributed by atoms with Gasteiger partial charge in [0, 0.05) is 47.9 Å². The molecule has 2 heterocycles. The number of nitrogens with zero attached hydrogens (tertiary/aromatic N) is 1. The summed E-state index contributed by atoms with van der Waals surface area (Å²) in [4.78, 5) is 17.4. The summed E-state index contributed by atoms with van der Waals surface area (Å²) in [5.74, 6) is 0. The van der Waals surface area contributed by atoms with Crippen LogP contribution in [0.25, 0.3) is 22.1 Å². The maximum atomic E-state index is 12.3. The molecule has 4 nitrogen and oxygen atoms in total. The van der Waals surface area contributed by atoms with Crippen LogP contribution in [0.4, 0.5) is 5.69 Å². The number of aromatic amines is 1. The summed E-state index contributed by atoms with van der Waals surface area (Å²) < 4.78 is 5.53. The van der Waals surface area contributed by atoms with Crippen molar-refractivity contribution in [2.75, 3.05) is 18.0 Å². The maximum Gasteiger partial charge on any atom is 0.344 e. The first kappa shape index (κ1) is 17.7. The lowest BCUT2D eigenvalue weighted by Crippen LogP contribution is -2.21. The largest absolute Gasteiger partial charge is 0.422 e. The normalized spacial score (nSPS) is 10.2. The zero-order valence-electron chi connectivity index (χ0n) is 14.8. The van der Waals surface area contributed by atoms with Gasteiger partial charge in [-0.3, -0.25) is 0 Å². The molecule has 3 rings (SSSR count). The fourth-order valence-corrected chi connectivity index (χ4v) is 2.65. The van der Waals surface area contributed by atoms with Crippen molar-refractivity contribution in [3.8, 4) is 11.1 Å². The molecule has 0 aliphatic rings. The Balaban J connectivity index is 0.00000100. The second kappa shape index (κ2) is 8.29. The molecule has 0 aliphatic carbocycles. The minimum atomic E-state index is -0.310. The van der Waals surface area contributed by atoms with Crippen molar-refractivity contribution in [3.63, 3.8) is 0 Å². The highest BCUT2D eigenvalue weighted by Crippen LogP contribution is 2.24. The van der Waals surface area contributed by atoms with Crippen LogP contribution in [0.5, 0.6) is 0 Å². The standard InChI is InChI=1S/C18H18N2O2.C2H6/c1-3-20(4-2)15-6-5-14-11-16(13-7-9-19-10-8-13)18(21)22-17(14)12-15;1-2/h5-12H,3-4H2,1-2H3;1-2H3/p+1. The Hall–Kier alpha value is -2.62. The number of hydrogen-bond acceptors (Lipinski definition) is 3. The number of H-pyrrole nitrogens is 1. The number of nitrogens with one attached hydrogen (secondary N) is 1. The van der Waals surface area contributed by atoms with Gasteiger partial charge in [0.25, 0.3) is 0 Å². The van der Waals surface area contributed by atoms with Gasteiger partial charge in [-0.25, -0.2) is 9.78 Å². The highest BCUT2D eigenvalue weighted by atomic mass is 16.4. The van der Waals surface area contributed by atoms with Gasteiger partial charge in [0.05, 0.1) is 5.56 Å². The van der Waals surface area contributed by atoms with E-state index in [2.05, 4.69) is 29.8 Å². The molecule has 126 valence electrons. The van der Waals surface area contributed by atoms with Gasteiger partial charge >= 0.3 is 5.63 Å². The van der Waals surface area contributed by atoms with Gasteiger partial charge in [-0.05, 0) is 32.0 Å². The van der Waals surface area contributed by atoms with Crippen molar-refractivity contribution in [2.45, 2.75) is 27.7 Å². The Morgan fingerprint density at radius 3 is 2.29 bits per heavy atom. The molecule has 24 heavy (non-hydrogen) atoms. The van der Waals surface area contributed by atoms with Gasteiger partial charge in [-0.1, -0.05) is 13.8 Å². The molecule has 4 heteroatoms. The minimum Gasteiger partial charge on any atom is -0.422 e. The lowest BCUT2D eigenvalue weighted by atomic mass is 10.1. The molecule has 3 aromatic rings. The predicted molar refractivity (Wildman–Crippen MR) is 99.4 cm³/mol. The third-order valence-electron chi connectivity index (χ3n) is 3.88. The van der Waals surface area contributed by atoms with Gasteiger partial charge in [-0.2, -0.15) is 0 Å². The number of benzene rings is 1. The van der Waals surface area contributed by atoms with Gasteiger partial charge < -0.3 is 9.32 Å². The van der Waals surface area contributed by atoms with E-state index in [9.17, 15) is 4.79 Å². The Kier molecular flexibility index (Phi) is 6.13. The number of hydrogen-bond donors (Lipinski definition) is 0. The first-order valence-corrected chi connectivity index (χ1v) is 8.52. The molecule has 0 unspecified atom stereocenters. The van der Waals surface area contributed by atoms with Gasteiger partial charge in [0.2, 0.25) is 0 Å². The van der Waals surface area contributed by atoms with Crippen molar-refractivity contribution in [1.29, 1.82) is 0 Å². The van der Waals surface area contributed by atoms with E-state index in [0.29, 0.717) is 11.1 Å². The highest BCUT2D eigenvalue weighted by molar-refractivity contribution is 5.84. The third kappa shape index (κ3) is 3.65. The van der Waals surface area contributed by atoms with Crippen LogP contribution in [-0.2, 0) is 0 Å². The molecule has 0 fully saturated rings. The van der Waals surface area contributed by atoms with Crippen LogP contribution < -0.4 is 15.5 Å². The molecular weight excluding hydrogens is 300 g/mol. The summed E-state index contributed by atoms with van der Waals surface area (Å²) in [6, 6.07) is 11.6. The summed E-state index contributed by atoms with van der Waals surface area (Å²) >= 11 is 0. The topological polar surface area (TPSA) is 47.6 Å². The number of anilines is 1. The van der Waals surface area contributed by atoms with Crippen LogP contribution in [0.1, 0.15) is 27.7 Å². The Morgan fingerprint density at radius 1 is 1.00 bits per heavy atom. The Bertz CT molecular complexity index is 837. The van der Waals surface area contributed by atoms with Crippen LogP contribution in [0, 0.1) is 0 Å². The second-order valence-corrected chi connectivity index (χ2v) is 5.13. The van der Waals surface area contributed by atoms with Crippen LogP contribution in [0.2, 0.25) is 0 Å². The zero-order valence-corrected chi connectivity index (χ0v) is 14.8. The summed E-state index contributed by atoms with van der Waals surface area (Å²) in [6.07, 6.45) is 3.59. The smallest absolute Gasteiger partial charge is 0.344 e. The molecule has 0 amide bonds. The number of pyridine rings is 1. The molecule has 0 saturated heterocycles. The average Bonchev–Trinajstić information content (AvgIpc) is 2.64. The molecular formula is C20H25N2O2+. The van der Waals surface area contributed by atoms with Crippen LogP contribution in [0.15, 0.2) is 58.0 Å². The number of fused-ring (bicyclic) bond motifs is 1. The van der Waals surface area contributed by atoms with Crippen molar-refractivity contribution in [3.05, 3.63) is 59.2 Å². The van der Waals surface area contributed by atoms with E-state index in [0.717, 1.165) is 29.7 Å². The van der Waals surface area contributed by atoms with Gasteiger partial charge in [0.15, 0.2) is 12.4 Å². The fraction of sp³-hybridized carbons (Fsp3) is 0.300. The lowest BCUT2D eigenvalue weighted by Gasteiger charge is -2.21. The Labute approximate surface area is 142 Å². The predicted octanol–water partition coefficient (Wildman–Crippen LogP) is 4.15. The molecule has 0 aliphatic heterocycles. The van der Waals surface area contributed by atoms with Gasteiger partial charge in [-0.15, -0.1) is 0 Å². The fourth-order valence-electron chi connectivity index (χ4n) is 2.65. The van der Waals surface area contributed by atoms with Crippen molar-refractivity contribution < 1.29 is 9.40 Å². The number of aromatic nitrogens is 1. The summed E-state index contributed by atoms with van der Waals surface area (Å²) in [7, 11) is 0. The van der Waals surface area contributed by atoms with Crippen molar-refractivity contribution in [1.82, 2.24) is 0 Å². The molecule has 1 N–H and O–H groups in total. The van der Waals surface area contributed by atoms with Gasteiger partial charge in [0.1, 0.15) is 5.58 Å². The van der Waals surface area contributed by atoms with Crippen LogP contribution in [-0.4, -0.2) is 13.1 Å². The molecule has 1 aromatic carbocycles. The molecule has 0 bridgehead atoms. The quantitative estimate of drug-likeness (QED) is 0.677. The van der Waals surface area contributed by atoms with E-state index in [1.54, 1.807) is 12.4 Å². The minimum absolute atomic E-state index is 0.310. The SMILES string of the molecule is CC.CCN(CC)c1ccc2cc(-c3cc[nH+]cc3)c(=O)oc2c1. The van der Waals surface area contributed by atoms with Crippen LogP contribution in [0.3, 0.4) is 0 Å². The zero-order chi connectivity index (χ0) is 17.5.